The third kappa shape index (κ3) is 5.46. The van der Waals surface area contributed by atoms with Gasteiger partial charge in [0.1, 0.15) is 0 Å². The van der Waals surface area contributed by atoms with Crippen molar-refractivity contribution in [1.29, 1.82) is 0 Å². The molecule has 0 aromatic rings. The normalized spacial score (nSPS) is 29.6. The predicted octanol–water partition coefficient (Wildman–Crippen LogP) is 13.0. The molecule has 6 fully saturated rings. The first-order valence-electron chi connectivity index (χ1n) is 18.0. The second kappa shape index (κ2) is 13.3. The van der Waals surface area contributed by atoms with Gasteiger partial charge in [0.2, 0.25) is 0 Å². The Bertz CT molecular complexity index is 781. The van der Waals surface area contributed by atoms with Crippen LogP contribution in [0.1, 0.15) is 161 Å². The molecule has 0 radical (unpaired) electrons. The quantitative estimate of drug-likeness (QED) is 0.120. The molecular weight excluding hydrogens is 654 g/mol. The van der Waals surface area contributed by atoms with Crippen LogP contribution in [-0.4, -0.2) is 46.3 Å². The van der Waals surface area contributed by atoms with Gasteiger partial charge in [0, 0.05) is 0 Å². The van der Waals surface area contributed by atoms with Gasteiger partial charge in [-0.15, -0.1) is 0 Å². The van der Waals surface area contributed by atoms with E-state index in [1.807, 2.05) is 0 Å². The minimum atomic E-state index is -2.42. The molecule has 6 saturated carbocycles. The minimum absolute atomic E-state index is 0. The van der Waals surface area contributed by atoms with Gasteiger partial charge in [-0.05, 0) is 0 Å². The minimum Gasteiger partial charge on any atom is 2.00 e. The Labute approximate surface area is 271 Å². The molecule has 0 N–H and O–H groups in total. The number of allylic oxidation sites excluding steroid dienone is 2. The van der Waals surface area contributed by atoms with Crippen LogP contribution in [0.2, 0.25) is 0 Å². The summed E-state index contributed by atoms with van der Waals surface area (Å²) in [6.07, 6.45) is 40.1. The van der Waals surface area contributed by atoms with Crippen molar-refractivity contribution in [3.05, 3.63) is 11.6 Å². The molecule has 0 heterocycles. The largest absolute Gasteiger partial charge is 2.00 e. The molecule has 0 saturated heterocycles. The molecule has 6 aliphatic carbocycles. The summed E-state index contributed by atoms with van der Waals surface area (Å²) in [5.74, 6) is -4.82. The topological polar surface area (TPSA) is 0 Å². The van der Waals surface area contributed by atoms with E-state index in [-0.39, 0.29) is 19.5 Å². The van der Waals surface area contributed by atoms with Crippen LogP contribution >= 0.6 is 34.4 Å². The molecule has 0 nitrogen and oxygen atoms in total. The molecule has 232 valence electrons. The Balaban J connectivity index is 0.00000323. The molecule has 6 aliphatic rings. The van der Waals surface area contributed by atoms with Crippen LogP contribution in [-0.2, 0) is 19.5 Å². The average molecular weight is 717 g/mol. The van der Waals surface area contributed by atoms with Crippen LogP contribution in [0.3, 0.4) is 0 Å². The predicted molar refractivity (Wildman–Crippen MR) is 183 cm³/mol. The second-order valence-corrected chi connectivity index (χ2v) is 31.5. The van der Waals surface area contributed by atoms with Crippen LogP contribution < -0.4 is 0 Å². The van der Waals surface area contributed by atoms with Gasteiger partial charge in [0.25, 0.3) is 0 Å². The van der Waals surface area contributed by atoms with E-state index in [1.54, 1.807) is 5.57 Å². The first kappa shape index (κ1) is 33.2. The molecule has 0 aromatic carbocycles. The maximum Gasteiger partial charge on any atom is 2.00 e. The molecule has 0 bridgehead atoms. The van der Waals surface area contributed by atoms with Crippen molar-refractivity contribution in [3.63, 3.8) is 0 Å². The van der Waals surface area contributed by atoms with Crippen molar-refractivity contribution in [1.82, 2.24) is 0 Å². The maximum atomic E-state index is 8.74. The number of hydrogen-bond donors (Lipinski definition) is 0. The number of rotatable bonds is 10. The van der Waals surface area contributed by atoms with Gasteiger partial charge in [-0.2, -0.15) is 0 Å². The van der Waals surface area contributed by atoms with Crippen LogP contribution in [0.25, 0.3) is 0 Å². The van der Waals surface area contributed by atoms with E-state index in [4.69, 9.17) is 22.5 Å². The molecule has 0 aromatic heterocycles. The summed E-state index contributed by atoms with van der Waals surface area (Å²) in [6.45, 7) is 2.55. The summed E-state index contributed by atoms with van der Waals surface area (Å²) in [5.41, 5.74) is 6.86. The van der Waals surface area contributed by atoms with Crippen LogP contribution in [0.4, 0.5) is 0 Å². The van der Waals surface area contributed by atoms with Crippen molar-refractivity contribution in [2.24, 2.45) is 0 Å². The first-order valence-corrected chi connectivity index (χ1v) is 25.0. The molecule has 0 aliphatic heterocycles. The van der Waals surface area contributed by atoms with Gasteiger partial charge in [0.15, 0.2) is 0 Å². The summed E-state index contributed by atoms with van der Waals surface area (Å²) < 4.78 is 0. The monoisotopic (exact) mass is 716 g/mol. The summed E-state index contributed by atoms with van der Waals surface area (Å²) >= 11 is 17.5. The molecule has 6 rings (SSSR count). The number of hydrogen-bond acceptors (Lipinski definition) is 0. The van der Waals surface area contributed by atoms with Gasteiger partial charge < -0.3 is 0 Å². The third-order valence-electron chi connectivity index (χ3n) is 14.3. The van der Waals surface area contributed by atoms with E-state index < -0.39 is 11.9 Å². The van der Waals surface area contributed by atoms with E-state index in [2.05, 4.69) is 13.0 Å². The zero-order chi connectivity index (χ0) is 27.0. The molecule has 0 unspecified atom stereocenters. The Kier molecular flexibility index (Phi) is 11.0. The third-order valence-corrected chi connectivity index (χ3v) is 35.0. The van der Waals surface area contributed by atoms with Gasteiger partial charge in [-0.25, -0.2) is 0 Å². The molecular formula is C35H62Cl2P2Ru+2. The summed E-state index contributed by atoms with van der Waals surface area (Å²) in [4.78, 5) is 0. The van der Waals surface area contributed by atoms with Crippen LogP contribution in [0.15, 0.2) is 11.6 Å². The fraction of sp³-hybridized carbons (Fsp3) is 0.943. The molecule has 5 heteroatoms. The van der Waals surface area contributed by atoms with Crippen LogP contribution in [0.5, 0.6) is 0 Å². The van der Waals surface area contributed by atoms with E-state index in [1.165, 1.54) is 166 Å². The zero-order valence-corrected chi connectivity index (χ0v) is 31.0. The summed E-state index contributed by atoms with van der Waals surface area (Å²) in [5, 5.41) is 0. The van der Waals surface area contributed by atoms with Gasteiger partial charge >= 0.3 is 273 Å². The first-order chi connectivity index (χ1) is 18.9. The van der Waals surface area contributed by atoms with Crippen LogP contribution in [0, 0.1) is 0 Å². The van der Waals surface area contributed by atoms with Crippen molar-refractivity contribution in [2.45, 2.75) is 195 Å². The second-order valence-electron chi connectivity index (χ2n) is 15.8. The Morgan fingerprint density at radius 3 is 0.950 bits per heavy atom. The standard InChI is InChI=1S/C35H62Cl2P2.Ru/c1-29(28-39(37,33-20-8-9-21-33,34-22-10-11-23-34)35-24-12-13-25-35)26-27-38(36,30-14-2-3-15-30,31-16-4-5-17-31)32-18-6-7-19-32;/h26,30-35H,2-25,27-28H2,1H3;/q;+2. The van der Waals surface area contributed by atoms with Crippen molar-refractivity contribution in [3.8, 4) is 0 Å². The molecule has 40 heavy (non-hydrogen) atoms. The van der Waals surface area contributed by atoms with Crippen molar-refractivity contribution in [2.75, 3.05) is 12.3 Å². The van der Waals surface area contributed by atoms with E-state index >= 15 is 0 Å². The summed E-state index contributed by atoms with van der Waals surface area (Å²) in [6, 6.07) is 0. The van der Waals surface area contributed by atoms with E-state index in [9.17, 15) is 0 Å². The van der Waals surface area contributed by atoms with Crippen molar-refractivity contribution < 1.29 is 19.5 Å². The van der Waals surface area contributed by atoms with Gasteiger partial charge in [-0.1, -0.05) is 0 Å². The smallest absolute Gasteiger partial charge is 2.00 e. The fourth-order valence-corrected chi connectivity index (χ4v) is 33.0. The van der Waals surface area contributed by atoms with E-state index in [0.717, 1.165) is 34.0 Å². The van der Waals surface area contributed by atoms with E-state index in [0.29, 0.717) is 0 Å². The molecule has 0 atom stereocenters. The zero-order valence-electron chi connectivity index (χ0n) is 25.9. The number of halogens is 2. The summed E-state index contributed by atoms with van der Waals surface area (Å²) in [7, 11) is 0. The molecule has 0 spiro atoms. The Morgan fingerprint density at radius 2 is 0.700 bits per heavy atom. The Hall–Kier alpha value is 1.80. The van der Waals surface area contributed by atoms with Crippen molar-refractivity contribution >= 4 is 34.4 Å². The average Bonchev–Trinajstić information content (AvgIpc) is 3.80. The maximum absolute atomic E-state index is 8.74. The molecule has 0 amide bonds. The SMILES string of the molecule is CC(=CCP(Cl)(C1CCCC1)(C1CCCC1)C1CCCC1)CP(Cl)(C1CCCC1)(C1CCCC1)C1CCCC1.[Ru+2]. The van der Waals surface area contributed by atoms with Gasteiger partial charge in [0.05, 0.1) is 0 Å². The van der Waals surface area contributed by atoms with Gasteiger partial charge in [-0.3, -0.25) is 0 Å². The fourth-order valence-electron chi connectivity index (χ4n) is 12.5. The Morgan fingerprint density at radius 1 is 0.475 bits per heavy atom.